The molecule has 0 aromatic rings. The van der Waals surface area contributed by atoms with Gasteiger partial charge in [-0.1, -0.05) is 146 Å². The van der Waals surface area contributed by atoms with Crippen molar-refractivity contribution in [2.45, 2.75) is 193 Å². The van der Waals surface area contributed by atoms with E-state index >= 15 is 0 Å². The quantitative estimate of drug-likeness (QED) is 0.0236. The first kappa shape index (κ1) is 52.9. The average Bonchev–Trinajstić information content (AvgIpc) is 3.16. The van der Waals surface area contributed by atoms with Crippen LogP contribution in [0.25, 0.3) is 0 Å². The van der Waals surface area contributed by atoms with Crippen LogP contribution < -0.4 is 5.73 Å². The van der Waals surface area contributed by atoms with Crippen LogP contribution in [0.15, 0.2) is 48.6 Å². The minimum Gasteiger partial charge on any atom is -0.480 e. The molecule has 11 heteroatoms. The van der Waals surface area contributed by atoms with Gasteiger partial charge in [0.2, 0.25) is 0 Å². The third kappa shape index (κ3) is 39.9. The predicted molar refractivity (Wildman–Crippen MR) is 226 cm³/mol. The number of hydrogen-bond donors (Lipinski definition) is 3. The van der Waals surface area contributed by atoms with E-state index in [0.717, 1.165) is 70.6 Å². The molecule has 0 aromatic heterocycles. The van der Waals surface area contributed by atoms with Crippen LogP contribution in [0.5, 0.6) is 0 Å². The van der Waals surface area contributed by atoms with Gasteiger partial charge in [0.1, 0.15) is 12.1 Å². The molecule has 0 rings (SSSR count). The number of phosphoric ester groups is 1. The number of carboxylic acids is 1. The minimum atomic E-state index is -4.62. The number of hydrogen-bond acceptors (Lipinski definition) is 8. The van der Waals surface area contributed by atoms with E-state index < -0.39 is 45.1 Å². The lowest BCUT2D eigenvalue weighted by Gasteiger charge is -2.20. The van der Waals surface area contributed by atoms with Gasteiger partial charge in [0.05, 0.1) is 19.8 Å². The summed E-state index contributed by atoms with van der Waals surface area (Å²) in [5.41, 5.74) is 5.35. The van der Waals surface area contributed by atoms with Crippen LogP contribution in [0.4, 0.5) is 0 Å². The number of unbranched alkanes of at least 4 members (excludes halogenated alkanes) is 19. The lowest BCUT2D eigenvalue weighted by molar-refractivity contribution is -0.154. The van der Waals surface area contributed by atoms with E-state index in [1.807, 2.05) is 0 Å². The number of carbonyl (C=O) groups is 2. The molecule has 0 aliphatic rings. The topological polar surface area (TPSA) is 155 Å². The highest BCUT2D eigenvalue weighted by molar-refractivity contribution is 7.47. The lowest BCUT2D eigenvalue weighted by Crippen LogP contribution is -2.34. The number of rotatable bonds is 41. The Morgan fingerprint density at radius 1 is 0.582 bits per heavy atom. The molecule has 0 spiro atoms. The second-order valence-corrected chi connectivity index (χ2v) is 15.9. The SMILES string of the molecule is CCCCCC/C=C\C/C=C\CCCCCCCCOCC(COP(=O)(O)OCC(N)C(=O)O)OC(=O)CCCCCCC/C=C\C/C=C\CCCCCC. The second-order valence-electron chi connectivity index (χ2n) is 14.5. The lowest BCUT2D eigenvalue weighted by atomic mass is 10.1. The molecule has 3 atom stereocenters. The Morgan fingerprint density at radius 2 is 1.00 bits per heavy atom. The van der Waals surface area contributed by atoms with Crippen LogP contribution in [0.2, 0.25) is 0 Å². The van der Waals surface area contributed by atoms with Crippen LogP contribution in [-0.2, 0) is 32.7 Å². The standard InChI is InChI=1S/C44H80NO9P/c1-3-5-7-9-11-13-15-17-19-21-23-25-27-29-31-33-35-37-51-38-41(39-52-55(49,50)53-40-42(45)44(47)48)54-43(46)36-34-32-30-28-26-24-22-20-18-16-14-12-10-8-6-4-2/h13-16,19-22,41-42H,3-12,17-18,23-40,45H2,1-2H3,(H,47,48)(H,49,50)/b15-13-,16-14-,21-19-,22-20-. The maximum atomic E-state index is 12.6. The fourth-order valence-corrected chi connectivity index (χ4v) is 6.44. The summed E-state index contributed by atoms with van der Waals surface area (Å²) in [6.45, 7) is 3.80. The summed E-state index contributed by atoms with van der Waals surface area (Å²) in [5.74, 6) is -1.80. The number of ether oxygens (including phenoxy) is 2. The van der Waals surface area contributed by atoms with Crippen molar-refractivity contribution in [1.82, 2.24) is 0 Å². The number of esters is 1. The van der Waals surface area contributed by atoms with Crippen molar-refractivity contribution in [1.29, 1.82) is 0 Å². The fraction of sp³-hybridized carbons (Fsp3) is 0.773. The number of carboxylic acid groups (broad SMARTS) is 1. The Labute approximate surface area is 335 Å². The third-order valence-corrected chi connectivity index (χ3v) is 10.0. The fourth-order valence-electron chi connectivity index (χ4n) is 5.66. The summed E-state index contributed by atoms with van der Waals surface area (Å²) in [4.78, 5) is 33.5. The van der Waals surface area contributed by atoms with E-state index in [0.29, 0.717) is 13.0 Å². The molecule has 0 heterocycles. The van der Waals surface area contributed by atoms with Gasteiger partial charge in [0.15, 0.2) is 0 Å². The molecule has 3 unspecified atom stereocenters. The second kappa shape index (κ2) is 40.1. The molecule has 0 aromatic carbocycles. The number of nitrogens with two attached hydrogens (primary N) is 1. The molecule has 0 aliphatic heterocycles. The van der Waals surface area contributed by atoms with Crippen LogP contribution in [0.3, 0.4) is 0 Å². The number of allylic oxidation sites excluding steroid dienone is 8. The van der Waals surface area contributed by atoms with Gasteiger partial charge in [0.25, 0.3) is 0 Å². The van der Waals surface area contributed by atoms with Crippen molar-refractivity contribution < 1.29 is 42.7 Å². The van der Waals surface area contributed by atoms with Gasteiger partial charge in [-0.3, -0.25) is 18.6 Å². The molecule has 0 radical (unpaired) electrons. The van der Waals surface area contributed by atoms with E-state index in [4.69, 9.17) is 29.4 Å². The molecule has 0 bridgehead atoms. The Bertz CT molecular complexity index is 1060. The molecule has 0 aliphatic carbocycles. The van der Waals surface area contributed by atoms with Crippen molar-refractivity contribution in [3.63, 3.8) is 0 Å². The number of phosphoric acid groups is 1. The maximum absolute atomic E-state index is 12.6. The van der Waals surface area contributed by atoms with E-state index in [1.165, 1.54) is 83.5 Å². The van der Waals surface area contributed by atoms with Crippen LogP contribution >= 0.6 is 7.82 Å². The summed E-state index contributed by atoms with van der Waals surface area (Å²) in [5, 5.41) is 8.89. The van der Waals surface area contributed by atoms with Gasteiger partial charge in [-0.25, -0.2) is 4.57 Å². The Balaban J connectivity index is 4.30. The zero-order valence-corrected chi connectivity index (χ0v) is 35.7. The van der Waals surface area contributed by atoms with Gasteiger partial charge < -0.3 is 25.2 Å². The Morgan fingerprint density at radius 3 is 1.47 bits per heavy atom. The van der Waals surface area contributed by atoms with Gasteiger partial charge in [-0.15, -0.1) is 0 Å². The summed E-state index contributed by atoms with van der Waals surface area (Å²) < 4.78 is 33.3. The van der Waals surface area contributed by atoms with Crippen LogP contribution in [0.1, 0.15) is 181 Å². The number of carbonyl (C=O) groups excluding carboxylic acids is 1. The first-order chi connectivity index (χ1) is 26.7. The van der Waals surface area contributed by atoms with Crippen molar-refractivity contribution in [2.75, 3.05) is 26.4 Å². The largest absolute Gasteiger partial charge is 0.480 e. The van der Waals surface area contributed by atoms with Crippen molar-refractivity contribution in [3.8, 4) is 0 Å². The monoisotopic (exact) mass is 798 g/mol. The molecule has 0 fully saturated rings. The van der Waals surface area contributed by atoms with Crippen molar-refractivity contribution in [3.05, 3.63) is 48.6 Å². The predicted octanol–water partition coefficient (Wildman–Crippen LogP) is 11.9. The molecule has 55 heavy (non-hydrogen) atoms. The first-order valence-corrected chi connectivity index (χ1v) is 23.2. The van der Waals surface area contributed by atoms with E-state index in [9.17, 15) is 19.0 Å². The van der Waals surface area contributed by atoms with Gasteiger partial charge in [-0.05, 0) is 77.0 Å². The van der Waals surface area contributed by atoms with Crippen LogP contribution in [-0.4, -0.2) is 60.5 Å². The Hall–Kier alpha value is -2.07. The summed E-state index contributed by atoms with van der Waals surface area (Å²) in [7, 11) is -4.62. The highest BCUT2D eigenvalue weighted by Crippen LogP contribution is 2.43. The molecular weight excluding hydrogens is 717 g/mol. The van der Waals surface area contributed by atoms with Gasteiger partial charge in [0, 0.05) is 13.0 Å². The van der Waals surface area contributed by atoms with E-state index in [-0.39, 0.29) is 13.0 Å². The smallest absolute Gasteiger partial charge is 0.472 e. The third-order valence-electron chi connectivity index (χ3n) is 9.08. The number of aliphatic carboxylic acids is 1. The summed E-state index contributed by atoms with van der Waals surface area (Å²) >= 11 is 0. The van der Waals surface area contributed by atoms with Crippen molar-refractivity contribution >= 4 is 19.8 Å². The minimum absolute atomic E-state index is 0.00300. The summed E-state index contributed by atoms with van der Waals surface area (Å²) in [6, 6.07) is -1.48. The maximum Gasteiger partial charge on any atom is 0.472 e. The zero-order valence-electron chi connectivity index (χ0n) is 34.8. The molecule has 0 amide bonds. The van der Waals surface area contributed by atoms with Gasteiger partial charge >= 0.3 is 19.8 Å². The van der Waals surface area contributed by atoms with Crippen LogP contribution in [0, 0.1) is 0 Å². The molecule has 10 nitrogen and oxygen atoms in total. The molecule has 4 N–H and O–H groups in total. The van der Waals surface area contributed by atoms with Crippen molar-refractivity contribution in [2.24, 2.45) is 5.73 Å². The molecule has 0 saturated heterocycles. The highest BCUT2D eigenvalue weighted by atomic mass is 31.2. The molecular formula is C44H80NO9P. The van der Waals surface area contributed by atoms with E-state index in [1.54, 1.807) is 0 Å². The van der Waals surface area contributed by atoms with Gasteiger partial charge in [-0.2, -0.15) is 0 Å². The molecule has 0 saturated carbocycles. The summed E-state index contributed by atoms with van der Waals surface area (Å²) in [6.07, 6.45) is 45.8. The normalized spacial score (nSPS) is 14.4. The Kier molecular flexibility index (Phi) is 38.6. The average molecular weight is 798 g/mol. The zero-order chi connectivity index (χ0) is 40.5. The van der Waals surface area contributed by atoms with E-state index in [2.05, 4.69) is 62.5 Å². The first-order valence-electron chi connectivity index (χ1n) is 21.7. The highest BCUT2D eigenvalue weighted by Gasteiger charge is 2.27. The molecule has 320 valence electrons.